The molecule has 0 radical (unpaired) electrons. The maximum absolute atomic E-state index is 4.42. The van der Waals surface area contributed by atoms with E-state index in [1.54, 1.807) is 0 Å². The molecule has 1 aromatic heterocycles. The third-order valence-electron chi connectivity index (χ3n) is 4.38. The maximum Gasteiger partial charge on any atom is 0.0613 e. The van der Waals surface area contributed by atoms with Gasteiger partial charge in [0.1, 0.15) is 0 Å². The predicted molar refractivity (Wildman–Crippen MR) is 88.7 cm³/mol. The number of hydrogen-bond donors (Lipinski definition) is 1. The molecule has 0 aliphatic rings. The molecule has 114 valence electrons. The summed E-state index contributed by atoms with van der Waals surface area (Å²) in [5.74, 6) is 0. The Hall–Kier alpha value is -1.61. The molecule has 0 spiro atoms. The highest BCUT2D eigenvalue weighted by Crippen LogP contribution is 2.29. The van der Waals surface area contributed by atoms with E-state index in [-0.39, 0.29) is 6.04 Å². The molecule has 0 bridgehead atoms. The maximum atomic E-state index is 4.42. The monoisotopic (exact) mass is 285 g/mol. The van der Waals surface area contributed by atoms with Gasteiger partial charge in [-0.2, -0.15) is 5.10 Å². The second kappa shape index (κ2) is 6.44. The molecule has 0 aliphatic carbocycles. The van der Waals surface area contributed by atoms with Crippen molar-refractivity contribution in [1.82, 2.24) is 15.1 Å². The van der Waals surface area contributed by atoms with Gasteiger partial charge in [0, 0.05) is 18.3 Å². The number of hydrogen-bond acceptors (Lipinski definition) is 2. The quantitative estimate of drug-likeness (QED) is 0.907. The van der Waals surface area contributed by atoms with Gasteiger partial charge < -0.3 is 5.32 Å². The van der Waals surface area contributed by atoms with E-state index >= 15 is 0 Å². The van der Waals surface area contributed by atoms with Crippen molar-refractivity contribution in [2.24, 2.45) is 7.05 Å². The zero-order chi connectivity index (χ0) is 15.6. The molecule has 0 amide bonds. The minimum atomic E-state index is 0.220. The number of benzene rings is 1. The molecule has 2 rings (SSSR count). The van der Waals surface area contributed by atoms with Crippen molar-refractivity contribution in [1.29, 1.82) is 0 Å². The lowest BCUT2D eigenvalue weighted by molar-refractivity contribution is 0.592. The van der Waals surface area contributed by atoms with Gasteiger partial charge in [-0.1, -0.05) is 19.1 Å². The van der Waals surface area contributed by atoms with Gasteiger partial charge in [-0.05, 0) is 62.9 Å². The van der Waals surface area contributed by atoms with Gasteiger partial charge in [0.25, 0.3) is 0 Å². The molecule has 2 aromatic rings. The molecular weight excluding hydrogens is 258 g/mol. The lowest BCUT2D eigenvalue weighted by Crippen LogP contribution is -2.24. The summed E-state index contributed by atoms with van der Waals surface area (Å²) in [7, 11) is 2.00. The van der Waals surface area contributed by atoms with Crippen molar-refractivity contribution < 1.29 is 0 Å². The highest BCUT2D eigenvalue weighted by atomic mass is 15.3. The Balaban J connectivity index is 2.50. The SMILES string of the molecule is CCCNC(c1cc(C)c(C)cc1C)c1cnn(C)c1C. The molecule has 1 aromatic carbocycles. The van der Waals surface area contributed by atoms with Crippen molar-refractivity contribution in [2.45, 2.75) is 47.1 Å². The van der Waals surface area contributed by atoms with Gasteiger partial charge in [0.15, 0.2) is 0 Å². The van der Waals surface area contributed by atoms with Gasteiger partial charge in [-0.15, -0.1) is 0 Å². The zero-order valence-electron chi connectivity index (χ0n) is 14.1. The summed E-state index contributed by atoms with van der Waals surface area (Å²) in [6.45, 7) is 11.9. The number of nitrogens with zero attached hydrogens (tertiary/aromatic N) is 2. The van der Waals surface area contributed by atoms with Crippen molar-refractivity contribution >= 4 is 0 Å². The number of nitrogens with one attached hydrogen (secondary N) is 1. The molecule has 0 saturated heterocycles. The number of aromatic nitrogens is 2. The average Bonchev–Trinajstić information content (AvgIpc) is 2.77. The van der Waals surface area contributed by atoms with Crippen LogP contribution in [0.3, 0.4) is 0 Å². The first-order valence-corrected chi connectivity index (χ1v) is 7.75. The molecule has 3 heteroatoms. The first-order chi connectivity index (χ1) is 9.95. The molecule has 1 unspecified atom stereocenters. The summed E-state index contributed by atoms with van der Waals surface area (Å²) in [4.78, 5) is 0. The summed E-state index contributed by atoms with van der Waals surface area (Å²) in [5, 5.41) is 8.11. The van der Waals surface area contributed by atoms with Crippen LogP contribution >= 0.6 is 0 Å². The molecule has 1 N–H and O–H groups in total. The molecular formula is C18H27N3. The zero-order valence-corrected chi connectivity index (χ0v) is 14.1. The fourth-order valence-electron chi connectivity index (χ4n) is 2.77. The second-order valence-corrected chi connectivity index (χ2v) is 5.99. The summed E-state index contributed by atoms with van der Waals surface area (Å²) in [6.07, 6.45) is 3.12. The molecule has 0 saturated carbocycles. The Morgan fingerprint density at radius 3 is 2.29 bits per heavy atom. The Labute approximate surface area is 128 Å². The smallest absolute Gasteiger partial charge is 0.0613 e. The van der Waals surface area contributed by atoms with Crippen molar-refractivity contribution in [3.05, 3.63) is 51.8 Å². The first-order valence-electron chi connectivity index (χ1n) is 7.75. The van der Waals surface area contributed by atoms with Gasteiger partial charge in [-0.25, -0.2) is 0 Å². The molecule has 1 heterocycles. The van der Waals surface area contributed by atoms with Gasteiger partial charge in [0.05, 0.1) is 12.2 Å². The normalized spacial score (nSPS) is 12.7. The van der Waals surface area contributed by atoms with Crippen LogP contribution in [0.4, 0.5) is 0 Å². The summed E-state index contributed by atoms with van der Waals surface area (Å²) < 4.78 is 1.95. The average molecular weight is 285 g/mol. The standard InChI is InChI=1S/C18H27N3/c1-7-8-19-18(17-11-20-21(6)15(17)5)16-10-13(3)12(2)9-14(16)4/h9-11,18-19H,7-8H2,1-6H3. The van der Waals surface area contributed by atoms with Crippen LogP contribution in [0, 0.1) is 27.7 Å². The van der Waals surface area contributed by atoms with E-state index in [9.17, 15) is 0 Å². The molecule has 0 fully saturated rings. The Kier molecular flexibility index (Phi) is 4.84. The van der Waals surface area contributed by atoms with Gasteiger partial charge in [-0.3, -0.25) is 4.68 Å². The first kappa shape index (κ1) is 15.8. The largest absolute Gasteiger partial charge is 0.306 e. The minimum Gasteiger partial charge on any atom is -0.306 e. The third kappa shape index (κ3) is 3.18. The fourth-order valence-corrected chi connectivity index (χ4v) is 2.77. The van der Waals surface area contributed by atoms with E-state index in [0.717, 1.165) is 13.0 Å². The van der Waals surface area contributed by atoms with Crippen LogP contribution in [-0.2, 0) is 7.05 Å². The van der Waals surface area contributed by atoms with Crippen LogP contribution in [-0.4, -0.2) is 16.3 Å². The Morgan fingerprint density at radius 1 is 1.05 bits per heavy atom. The molecule has 0 aliphatic heterocycles. The van der Waals surface area contributed by atoms with Crippen molar-refractivity contribution in [3.8, 4) is 0 Å². The van der Waals surface area contributed by atoms with Crippen LogP contribution in [0.15, 0.2) is 18.3 Å². The topological polar surface area (TPSA) is 29.9 Å². The lowest BCUT2D eigenvalue weighted by Gasteiger charge is -2.22. The third-order valence-corrected chi connectivity index (χ3v) is 4.38. The van der Waals surface area contributed by atoms with E-state index in [1.807, 2.05) is 17.9 Å². The van der Waals surface area contributed by atoms with E-state index in [1.165, 1.54) is 33.5 Å². The summed E-state index contributed by atoms with van der Waals surface area (Å²) in [6, 6.07) is 4.83. The number of aryl methyl sites for hydroxylation is 4. The predicted octanol–water partition coefficient (Wildman–Crippen LogP) is 3.74. The van der Waals surface area contributed by atoms with Crippen LogP contribution < -0.4 is 5.32 Å². The van der Waals surface area contributed by atoms with E-state index in [4.69, 9.17) is 0 Å². The highest BCUT2D eigenvalue weighted by molar-refractivity contribution is 5.43. The van der Waals surface area contributed by atoms with E-state index in [0.29, 0.717) is 0 Å². The second-order valence-electron chi connectivity index (χ2n) is 5.99. The highest BCUT2D eigenvalue weighted by Gasteiger charge is 2.20. The Morgan fingerprint density at radius 2 is 1.71 bits per heavy atom. The van der Waals surface area contributed by atoms with Gasteiger partial charge in [0.2, 0.25) is 0 Å². The lowest BCUT2D eigenvalue weighted by atomic mass is 9.92. The molecule has 3 nitrogen and oxygen atoms in total. The fraction of sp³-hybridized carbons (Fsp3) is 0.500. The molecule has 21 heavy (non-hydrogen) atoms. The van der Waals surface area contributed by atoms with Crippen LogP contribution in [0.2, 0.25) is 0 Å². The van der Waals surface area contributed by atoms with E-state index < -0.39 is 0 Å². The minimum absolute atomic E-state index is 0.220. The summed E-state index contributed by atoms with van der Waals surface area (Å²) >= 11 is 0. The van der Waals surface area contributed by atoms with Crippen molar-refractivity contribution in [3.63, 3.8) is 0 Å². The van der Waals surface area contributed by atoms with Crippen LogP contribution in [0.25, 0.3) is 0 Å². The molecule has 1 atom stereocenters. The van der Waals surface area contributed by atoms with Crippen LogP contribution in [0.1, 0.15) is 52.9 Å². The van der Waals surface area contributed by atoms with Crippen LogP contribution in [0.5, 0.6) is 0 Å². The van der Waals surface area contributed by atoms with Gasteiger partial charge >= 0.3 is 0 Å². The van der Waals surface area contributed by atoms with E-state index in [2.05, 4.69) is 57.2 Å². The summed E-state index contributed by atoms with van der Waals surface area (Å²) in [5.41, 5.74) is 7.91. The Bertz CT molecular complexity index is 626. The number of rotatable bonds is 5. The van der Waals surface area contributed by atoms with Crippen molar-refractivity contribution in [2.75, 3.05) is 6.54 Å².